The van der Waals surface area contributed by atoms with Gasteiger partial charge in [-0.2, -0.15) is 0 Å². The normalized spacial score (nSPS) is 19.3. The molecule has 3 amide bonds. The summed E-state index contributed by atoms with van der Waals surface area (Å²) in [6.07, 6.45) is 2.40. The maximum absolute atomic E-state index is 12.3. The van der Waals surface area contributed by atoms with E-state index in [-0.39, 0.29) is 18.0 Å². The van der Waals surface area contributed by atoms with Crippen LogP contribution < -0.4 is 20.3 Å². The number of anilines is 1. The van der Waals surface area contributed by atoms with E-state index >= 15 is 0 Å². The topological polar surface area (TPSA) is 70.7 Å². The van der Waals surface area contributed by atoms with E-state index in [1.54, 1.807) is 4.90 Å². The Hall–Kier alpha value is -3.02. The molecule has 2 aromatic rings. The third-order valence-electron chi connectivity index (χ3n) is 4.50. The highest BCUT2D eigenvalue weighted by molar-refractivity contribution is 5.96. The maximum Gasteiger partial charge on any atom is 0.315 e. The molecule has 2 aromatic carbocycles. The van der Waals surface area contributed by atoms with Crippen molar-refractivity contribution in [2.24, 2.45) is 0 Å². The van der Waals surface area contributed by atoms with Gasteiger partial charge in [0.15, 0.2) is 0 Å². The highest BCUT2D eigenvalue weighted by atomic mass is 16.5. The molecule has 1 saturated heterocycles. The van der Waals surface area contributed by atoms with Gasteiger partial charge in [0, 0.05) is 24.7 Å². The number of nitrogens with zero attached hydrogens (tertiary/aromatic N) is 1. The van der Waals surface area contributed by atoms with Gasteiger partial charge in [-0.3, -0.25) is 4.79 Å². The molecule has 0 radical (unpaired) electrons. The Morgan fingerprint density at radius 1 is 0.923 bits per heavy atom. The van der Waals surface area contributed by atoms with E-state index in [0.717, 1.165) is 24.3 Å². The number of hydrogen-bond donors (Lipinski definition) is 2. The van der Waals surface area contributed by atoms with Gasteiger partial charge in [0.25, 0.3) is 0 Å². The Morgan fingerprint density at radius 2 is 1.58 bits per heavy atom. The number of carbonyl (C=O) groups is 2. The van der Waals surface area contributed by atoms with Crippen molar-refractivity contribution in [3.8, 4) is 11.5 Å². The van der Waals surface area contributed by atoms with Gasteiger partial charge in [0.1, 0.15) is 11.5 Å². The first-order chi connectivity index (χ1) is 12.7. The van der Waals surface area contributed by atoms with Crippen LogP contribution in [0.15, 0.2) is 54.6 Å². The molecule has 0 bridgehead atoms. The van der Waals surface area contributed by atoms with Crippen molar-refractivity contribution in [2.75, 3.05) is 11.4 Å². The molecule has 2 aliphatic rings. The van der Waals surface area contributed by atoms with Crippen molar-refractivity contribution in [3.63, 3.8) is 0 Å². The second kappa shape index (κ2) is 7.07. The van der Waals surface area contributed by atoms with Crippen LogP contribution in [0.25, 0.3) is 0 Å². The summed E-state index contributed by atoms with van der Waals surface area (Å²) >= 11 is 0. The molecule has 0 unspecified atom stereocenters. The number of benzene rings is 2. The van der Waals surface area contributed by atoms with E-state index in [1.807, 2.05) is 54.6 Å². The number of ether oxygens (including phenoxy) is 1. The number of para-hydroxylation sites is 1. The number of nitrogens with one attached hydrogen (secondary N) is 2. The number of amides is 3. The summed E-state index contributed by atoms with van der Waals surface area (Å²) in [5.74, 6) is 1.49. The monoisotopic (exact) mass is 351 g/mol. The van der Waals surface area contributed by atoms with Crippen LogP contribution in [0.1, 0.15) is 19.3 Å². The van der Waals surface area contributed by atoms with Crippen molar-refractivity contribution >= 4 is 17.6 Å². The molecule has 2 N–H and O–H groups in total. The first-order valence-corrected chi connectivity index (χ1v) is 8.88. The zero-order valence-corrected chi connectivity index (χ0v) is 14.4. The summed E-state index contributed by atoms with van der Waals surface area (Å²) < 4.78 is 5.77. The molecule has 2 fully saturated rings. The zero-order chi connectivity index (χ0) is 17.9. The predicted molar refractivity (Wildman–Crippen MR) is 98.4 cm³/mol. The summed E-state index contributed by atoms with van der Waals surface area (Å²) in [6, 6.07) is 16.9. The van der Waals surface area contributed by atoms with Crippen LogP contribution in [0.4, 0.5) is 10.5 Å². The Labute approximate surface area is 152 Å². The molecule has 1 aliphatic carbocycles. The minimum Gasteiger partial charge on any atom is -0.457 e. The van der Waals surface area contributed by atoms with Crippen molar-refractivity contribution in [3.05, 3.63) is 54.6 Å². The lowest BCUT2D eigenvalue weighted by Crippen LogP contribution is -2.44. The second-order valence-electron chi connectivity index (χ2n) is 6.71. The van der Waals surface area contributed by atoms with Gasteiger partial charge < -0.3 is 20.3 Å². The van der Waals surface area contributed by atoms with Crippen LogP contribution in [0.3, 0.4) is 0 Å². The fraction of sp³-hybridized carbons (Fsp3) is 0.300. The van der Waals surface area contributed by atoms with E-state index < -0.39 is 0 Å². The first kappa shape index (κ1) is 16.4. The lowest BCUT2D eigenvalue weighted by atomic mass is 10.2. The molecule has 26 heavy (non-hydrogen) atoms. The molecule has 1 aliphatic heterocycles. The molecule has 134 valence electrons. The third-order valence-corrected chi connectivity index (χ3v) is 4.50. The minimum absolute atomic E-state index is 0.0125. The first-order valence-electron chi connectivity index (χ1n) is 8.88. The largest absolute Gasteiger partial charge is 0.457 e. The molecular weight excluding hydrogens is 330 g/mol. The fourth-order valence-electron chi connectivity index (χ4n) is 3.01. The number of hydrogen-bond acceptors (Lipinski definition) is 3. The van der Waals surface area contributed by atoms with Crippen molar-refractivity contribution in [1.29, 1.82) is 0 Å². The van der Waals surface area contributed by atoms with Crippen LogP contribution >= 0.6 is 0 Å². The third kappa shape index (κ3) is 3.96. The summed E-state index contributed by atoms with van der Waals surface area (Å²) in [4.78, 5) is 25.9. The standard InChI is InChI=1S/C20H21N3O3/c24-19-12-15(22-20(25)21-14-6-7-14)13-23(19)16-8-10-18(11-9-16)26-17-4-2-1-3-5-17/h1-5,8-11,14-15H,6-7,12-13H2,(H2,21,22,25)/t15-/m1/s1. The molecule has 0 aromatic heterocycles. The smallest absolute Gasteiger partial charge is 0.315 e. The Bertz CT molecular complexity index is 788. The highest BCUT2D eigenvalue weighted by Crippen LogP contribution is 2.27. The van der Waals surface area contributed by atoms with Crippen LogP contribution in [-0.4, -0.2) is 30.6 Å². The van der Waals surface area contributed by atoms with Gasteiger partial charge in [0.05, 0.1) is 6.04 Å². The Kier molecular flexibility index (Phi) is 4.48. The van der Waals surface area contributed by atoms with Gasteiger partial charge in [-0.1, -0.05) is 18.2 Å². The molecule has 6 heteroatoms. The average Bonchev–Trinajstić information content (AvgIpc) is 3.37. The van der Waals surface area contributed by atoms with Gasteiger partial charge in [0.2, 0.25) is 5.91 Å². The van der Waals surface area contributed by atoms with E-state index in [2.05, 4.69) is 10.6 Å². The van der Waals surface area contributed by atoms with Crippen LogP contribution in [0.2, 0.25) is 0 Å². The minimum atomic E-state index is -0.182. The quantitative estimate of drug-likeness (QED) is 0.870. The Balaban J connectivity index is 1.36. The SMILES string of the molecule is O=C(NC1CC1)N[C@@H]1CC(=O)N(c2ccc(Oc3ccccc3)cc2)C1. The molecule has 1 atom stereocenters. The number of carbonyl (C=O) groups excluding carboxylic acids is 2. The summed E-state index contributed by atoms with van der Waals surface area (Å²) in [7, 11) is 0. The highest BCUT2D eigenvalue weighted by Gasteiger charge is 2.32. The van der Waals surface area contributed by atoms with Gasteiger partial charge >= 0.3 is 6.03 Å². The van der Waals surface area contributed by atoms with Crippen LogP contribution in [-0.2, 0) is 4.79 Å². The lowest BCUT2D eigenvalue weighted by molar-refractivity contribution is -0.117. The number of urea groups is 1. The average molecular weight is 351 g/mol. The molecule has 0 spiro atoms. The summed E-state index contributed by atoms with van der Waals surface area (Å²) in [5, 5.41) is 5.77. The van der Waals surface area contributed by atoms with Crippen LogP contribution in [0, 0.1) is 0 Å². The summed E-state index contributed by atoms with van der Waals surface area (Å²) in [6.45, 7) is 0.482. The molecule has 1 heterocycles. The maximum atomic E-state index is 12.3. The van der Waals surface area contributed by atoms with E-state index in [9.17, 15) is 9.59 Å². The van der Waals surface area contributed by atoms with Crippen molar-refractivity contribution in [2.45, 2.75) is 31.3 Å². The van der Waals surface area contributed by atoms with Crippen LogP contribution in [0.5, 0.6) is 11.5 Å². The van der Waals surface area contributed by atoms with Gasteiger partial charge in [-0.05, 0) is 49.2 Å². The second-order valence-corrected chi connectivity index (χ2v) is 6.71. The number of rotatable bonds is 5. The van der Waals surface area contributed by atoms with Crippen molar-refractivity contribution in [1.82, 2.24) is 10.6 Å². The molecule has 4 rings (SSSR count). The molecule has 6 nitrogen and oxygen atoms in total. The molecule has 1 saturated carbocycles. The van der Waals surface area contributed by atoms with E-state index in [4.69, 9.17) is 4.74 Å². The van der Waals surface area contributed by atoms with E-state index in [1.165, 1.54) is 0 Å². The summed E-state index contributed by atoms with van der Waals surface area (Å²) in [5.41, 5.74) is 0.808. The van der Waals surface area contributed by atoms with Crippen molar-refractivity contribution < 1.29 is 14.3 Å². The van der Waals surface area contributed by atoms with Gasteiger partial charge in [-0.15, -0.1) is 0 Å². The lowest BCUT2D eigenvalue weighted by Gasteiger charge is -2.18. The Morgan fingerprint density at radius 3 is 2.27 bits per heavy atom. The molecular formula is C20H21N3O3. The van der Waals surface area contributed by atoms with Gasteiger partial charge in [-0.25, -0.2) is 4.79 Å². The predicted octanol–water partition coefficient (Wildman–Crippen LogP) is 3.05. The zero-order valence-electron chi connectivity index (χ0n) is 14.4. The van der Waals surface area contributed by atoms with E-state index in [0.29, 0.717) is 24.8 Å². The fourth-order valence-corrected chi connectivity index (χ4v) is 3.01.